The number of benzene rings is 1. The van der Waals surface area contributed by atoms with Crippen LogP contribution in [-0.4, -0.2) is 23.9 Å². The average molecular weight is 250 g/mol. The van der Waals surface area contributed by atoms with Crippen LogP contribution in [0.3, 0.4) is 0 Å². The van der Waals surface area contributed by atoms with Gasteiger partial charge in [-0.25, -0.2) is 0 Å². The molecule has 2 atom stereocenters. The Kier molecular flexibility index (Phi) is 3.93. The van der Waals surface area contributed by atoms with Crippen LogP contribution in [0.2, 0.25) is 0 Å². The van der Waals surface area contributed by atoms with Gasteiger partial charge in [0.05, 0.1) is 12.2 Å². The molecular formula is C15H22O3. The number of rotatable bonds is 5. The van der Waals surface area contributed by atoms with E-state index in [1.54, 1.807) is 0 Å². The lowest BCUT2D eigenvalue weighted by Crippen LogP contribution is -2.35. The van der Waals surface area contributed by atoms with E-state index in [1.165, 1.54) is 5.56 Å². The Labute approximate surface area is 109 Å². The molecular weight excluding hydrogens is 228 g/mol. The molecule has 0 aromatic heterocycles. The van der Waals surface area contributed by atoms with Crippen LogP contribution in [0.25, 0.3) is 0 Å². The molecule has 2 unspecified atom stereocenters. The number of fused-ring (bicyclic) bond motifs is 1. The highest BCUT2D eigenvalue weighted by Crippen LogP contribution is 2.40. The first-order chi connectivity index (χ1) is 8.62. The third-order valence-corrected chi connectivity index (χ3v) is 3.79. The van der Waals surface area contributed by atoms with E-state index in [9.17, 15) is 5.11 Å². The fraction of sp³-hybridized carbons (Fsp3) is 0.600. The van der Waals surface area contributed by atoms with Gasteiger partial charge in [0.15, 0.2) is 0 Å². The van der Waals surface area contributed by atoms with Crippen molar-refractivity contribution in [3.05, 3.63) is 29.3 Å². The molecule has 2 rings (SSSR count). The second kappa shape index (κ2) is 5.29. The molecule has 0 saturated heterocycles. The summed E-state index contributed by atoms with van der Waals surface area (Å²) in [4.78, 5) is 0. The molecule has 0 spiro atoms. The van der Waals surface area contributed by atoms with Crippen molar-refractivity contribution in [2.24, 2.45) is 0 Å². The molecule has 3 heteroatoms. The minimum absolute atomic E-state index is 0.560. The molecule has 0 amide bonds. The van der Waals surface area contributed by atoms with Crippen molar-refractivity contribution in [3.63, 3.8) is 0 Å². The Hall–Kier alpha value is -1.06. The predicted molar refractivity (Wildman–Crippen MR) is 70.9 cm³/mol. The van der Waals surface area contributed by atoms with Crippen LogP contribution < -0.4 is 4.74 Å². The largest absolute Gasteiger partial charge is 0.493 e. The van der Waals surface area contributed by atoms with E-state index < -0.39 is 11.7 Å². The zero-order chi connectivity index (χ0) is 13.2. The number of para-hydroxylation sites is 1. The second-order valence-electron chi connectivity index (χ2n) is 4.94. The van der Waals surface area contributed by atoms with Gasteiger partial charge >= 0.3 is 0 Å². The molecule has 1 aliphatic rings. The van der Waals surface area contributed by atoms with E-state index in [2.05, 4.69) is 6.07 Å². The van der Waals surface area contributed by atoms with Gasteiger partial charge in [-0.2, -0.15) is 0 Å². The highest BCUT2D eigenvalue weighted by atomic mass is 16.5. The van der Waals surface area contributed by atoms with Crippen LogP contribution in [0.4, 0.5) is 0 Å². The SMILES string of the molecule is CCOC(C)(CC)C(O)c1cccc2c1OCC2. The van der Waals surface area contributed by atoms with Gasteiger partial charge < -0.3 is 14.6 Å². The second-order valence-corrected chi connectivity index (χ2v) is 4.94. The summed E-state index contributed by atoms with van der Waals surface area (Å²) < 4.78 is 11.4. The van der Waals surface area contributed by atoms with Gasteiger partial charge in [0, 0.05) is 18.6 Å². The standard InChI is InChI=1S/C15H22O3/c1-4-15(3,18-5-2)14(16)12-8-6-7-11-9-10-17-13(11)12/h6-8,14,16H,4-5,9-10H2,1-3H3. The van der Waals surface area contributed by atoms with Gasteiger partial charge in [0.2, 0.25) is 0 Å². The topological polar surface area (TPSA) is 38.7 Å². The lowest BCUT2D eigenvalue weighted by atomic mass is 9.89. The van der Waals surface area contributed by atoms with Crippen LogP contribution in [-0.2, 0) is 11.2 Å². The van der Waals surface area contributed by atoms with E-state index in [0.29, 0.717) is 13.2 Å². The molecule has 1 aromatic rings. The molecule has 100 valence electrons. The molecule has 18 heavy (non-hydrogen) atoms. The fourth-order valence-electron chi connectivity index (χ4n) is 2.49. The lowest BCUT2D eigenvalue weighted by Gasteiger charge is -2.34. The van der Waals surface area contributed by atoms with Crippen LogP contribution in [0.15, 0.2) is 18.2 Å². The van der Waals surface area contributed by atoms with E-state index in [4.69, 9.17) is 9.47 Å². The van der Waals surface area contributed by atoms with Crippen LogP contribution >= 0.6 is 0 Å². The summed E-state index contributed by atoms with van der Waals surface area (Å²) in [5.74, 6) is 0.851. The predicted octanol–water partition coefficient (Wildman–Crippen LogP) is 2.86. The molecule has 0 bridgehead atoms. The Morgan fingerprint density at radius 1 is 1.44 bits per heavy atom. The van der Waals surface area contributed by atoms with Crippen molar-refractivity contribution in [1.29, 1.82) is 0 Å². The molecule has 1 aliphatic heterocycles. The van der Waals surface area contributed by atoms with Crippen LogP contribution in [0.5, 0.6) is 5.75 Å². The molecule has 3 nitrogen and oxygen atoms in total. The Bertz CT molecular complexity index is 416. The number of aliphatic hydroxyl groups is 1. The first-order valence-corrected chi connectivity index (χ1v) is 6.69. The quantitative estimate of drug-likeness (QED) is 0.873. The molecule has 1 heterocycles. The van der Waals surface area contributed by atoms with Crippen LogP contribution in [0.1, 0.15) is 44.4 Å². The van der Waals surface area contributed by atoms with E-state index in [1.807, 2.05) is 32.9 Å². The third kappa shape index (κ3) is 2.25. The Morgan fingerprint density at radius 3 is 2.89 bits per heavy atom. The summed E-state index contributed by atoms with van der Waals surface area (Å²) in [6.45, 7) is 7.23. The molecule has 0 aliphatic carbocycles. The molecule has 0 saturated carbocycles. The zero-order valence-corrected chi connectivity index (χ0v) is 11.4. The van der Waals surface area contributed by atoms with Gasteiger partial charge in [0.25, 0.3) is 0 Å². The maximum Gasteiger partial charge on any atom is 0.128 e. The third-order valence-electron chi connectivity index (χ3n) is 3.79. The lowest BCUT2D eigenvalue weighted by molar-refractivity contribution is -0.113. The fourth-order valence-corrected chi connectivity index (χ4v) is 2.49. The summed E-state index contributed by atoms with van der Waals surface area (Å²) >= 11 is 0. The minimum atomic E-state index is -0.657. The van der Waals surface area contributed by atoms with Crippen molar-refractivity contribution in [3.8, 4) is 5.75 Å². The molecule has 0 fully saturated rings. The minimum Gasteiger partial charge on any atom is -0.493 e. The summed E-state index contributed by atoms with van der Waals surface area (Å²) in [5.41, 5.74) is 1.47. The van der Waals surface area contributed by atoms with Crippen molar-refractivity contribution in [2.75, 3.05) is 13.2 Å². The van der Waals surface area contributed by atoms with Gasteiger partial charge in [-0.3, -0.25) is 0 Å². The van der Waals surface area contributed by atoms with Crippen molar-refractivity contribution < 1.29 is 14.6 Å². The van der Waals surface area contributed by atoms with E-state index in [-0.39, 0.29) is 0 Å². The van der Waals surface area contributed by atoms with Gasteiger partial charge in [-0.1, -0.05) is 25.1 Å². The highest BCUT2D eigenvalue weighted by molar-refractivity contribution is 5.45. The first kappa shape index (κ1) is 13.4. The smallest absolute Gasteiger partial charge is 0.128 e. The van der Waals surface area contributed by atoms with E-state index >= 15 is 0 Å². The summed E-state index contributed by atoms with van der Waals surface area (Å²) in [5, 5.41) is 10.6. The summed E-state index contributed by atoms with van der Waals surface area (Å²) in [7, 11) is 0. The van der Waals surface area contributed by atoms with Crippen molar-refractivity contribution in [1.82, 2.24) is 0 Å². The van der Waals surface area contributed by atoms with E-state index in [0.717, 1.165) is 24.2 Å². The highest BCUT2D eigenvalue weighted by Gasteiger charge is 2.36. The first-order valence-electron chi connectivity index (χ1n) is 6.69. The Morgan fingerprint density at radius 2 is 2.22 bits per heavy atom. The number of ether oxygens (including phenoxy) is 2. The van der Waals surface area contributed by atoms with Crippen molar-refractivity contribution in [2.45, 2.75) is 45.3 Å². The molecule has 0 radical (unpaired) electrons. The maximum absolute atomic E-state index is 10.6. The normalized spacial score (nSPS) is 18.9. The zero-order valence-electron chi connectivity index (χ0n) is 11.4. The summed E-state index contributed by atoms with van der Waals surface area (Å²) in [6.07, 6.45) is 1.02. The van der Waals surface area contributed by atoms with Crippen LogP contribution in [0, 0.1) is 0 Å². The number of hydrogen-bond donors (Lipinski definition) is 1. The number of aliphatic hydroxyl groups excluding tert-OH is 1. The monoisotopic (exact) mass is 250 g/mol. The van der Waals surface area contributed by atoms with Gasteiger partial charge in [0.1, 0.15) is 11.9 Å². The molecule has 1 N–H and O–H groups in total. The Balaban J connectivity index is 2.33. The average Bonchev–Trinajstić information content (AvgIpc) is 2.86. The number of hydrogen-bond acceptors (Lipinski definition) is 3. The van der Waals surface area contributed by atoms with Gasteiger partial charge in [-0.05, 0) is 25.8 Å². The van der Waals surface area contributed by atoms with Crippen molar-refractivity contribution >= 4 is 0 Å². The van der Waals surface area contributed by atoms with Gasteiger partial charge in [-0.15, -0.1) is 0 Å². The molecule has 1 aromatic carbocycles. The summed E-state index contributed by atoms with van der Waals surface area (Å²) in [6, 6.07) is 5.97. The maximum atomic E-state index is 10.6.